The lowest BCUT2D eigenvalue weighted by atomic mass is 10.3. The molecule has 0 bridgehead atoms. The summed E-state index contributed by atoms with van der Waals surface area (Å²) in [4.78, 5) is 16.4. The molecule has 24 heavy (non-hydrogen) atoms. The van der Waals surface area contributed by atoms with Crippen LogP contribution < -0.4 is 5.32 Å². The predicted molar refractivity (Wildman–Crippen MR) is 83.4 cm³/mol. The van der Waals surface area contributed by atoms with Gasteiger partial charge in [-0.15, -0.1) is 0 Å². The number of nitrogens with one attached hydrogen (secondary N) is 1. The number of carbonyl (C=O) groups excluding carboxylic acids is 1. The summed E-state index contributed by atoms with van der Waals surface area (Å²) in [6.07, 6.45) is 1.49. The number of amides is 1. The number of hydrogen-bond donors (Lipinski definition) is 1. The number of anilines is 1. The minimum atomic E-state index is -3.63. The van der Waals surface area contributed by atoms with Crippen LogP contribution in [0.5, 0.6) is 0 Å². The van der Waals surface area contributed by atoms with Gasteiger partial charge in [0.2, 0.25) is 0 Å². The molecule has 0 saturated carbocycles. The molecule has 3 heterocycles. The lowest BCUT2D eigenvalue weighted by Crippen LogP contribution is -2.15. The van der Waals surface area contributed by atoms with Gasteiger partial charge in [0.25, 0.3) is 5.91 Å². The molecule has 0 fully saturated rings. The summed E-state index contributed by atoms with van der Waals surface area (Å²) in [7, 11) is 1.73. The van der Waals surface area contributed by atoms with Gasteiger partial charge in [0.1, 0.15) is 5.69 Å². The monoisotopic (exact) mass is 354 g/mol. The zero-order chi connectivity index (χ0) is 17.6. The van der Waals surface area contributed by atoms with Crippen molar-refractivity contribution in [2.45, 2.75) is 19.2 Å². The Labute approximate surface area is 140 Å². The molecule has 0 saturated heterocycles. The maximum absolute atomic E-state index is 13.5. The summed E-state index contributed by atoms with van der Waals surface area (Å²) in [6, 6.07) is 2.44. The Bertz CT molecular complexity index is 943. The Kier molecular flexibility index (Phi) is 3.75. The van der Waals surface area contributed by atoms with Crippen molar-refractivity contribution < 1.29 is 13.6 Å². The molecule has 0 atom stereocenters. The van der Waals surface area contributed by atoms with Gasteiger partial charge in [-0.25, -0.2) is 9.50 Å². The molecule has 0 unspecified atom stereocenters. The molecule has 0 aromatic carbocycles. The highest BCUT2D eigenvalue weighted by Gasteiger charge is 2.32. The number of carbonyl (C=O) groups is 1. The van der Waals surface area contributed by atoms with Gasteiger partial charge in [-0.05, 0) is 31.5 Å². The zero-order valence-corrected chi connectivity index (χ0v) is 13.8. The quantitative estimate of drug-likeness (QED) is 0.733. The lowest BCUT2D eigenvalue weighted by molar-refractivity contribution is 0.0868. The molecule has 1 amide bonds. The second-order valence-corrected chi connectivity index (χ2v) is 5.78. The van der Waals surface area contributed by atoms with Gasteiger partial charge in [-0.1, -0.05) is 0 Å². The third kappa shape index (κ3) is 2.82. The minimum absolute atomic E-state index is 0.0569. The van der Waals surface area contributed by atoms with Crippen LogP contribution in [0.4, 0.5) is 14.5 Å². The molecule has 10 heteroatoms. The van der Waals surface area contributed by atoms with Gasteiger partial charge >= 0.3 is 5.38 Å². The van der Waals surface area contributed by atoms with E-state index in [0.29, 0.717) is 11.4 Å². The Morgan fingerprint density at radius 1 is 1.33 bits per heavy atom. The molecule has 0 spiro atoms. The minimum Gasteiger partial charge on any atom is -0.318 e. The Hall–Kier alpha value is -2.55. The first-order valence-electron chi connectivity index (χ1n) is 6.91. The summed E-state index contributed by atoms with van der Waals surface area (Å²) >= 11 is 5.12. The highest BCUT2D eigenvalue weighted by molar-refractivity contribution is 6.21. The van der Waals surface area contributed by atoms with E-state index < -0.39 is 17.0 Å². The lowest BCUT2D eigenvalue weighted by Gasteiger charge is -2.10. The summed E-state index contributed by atoms with van der Waals surface area (Å²) in [5.74, 6) is -0.557. The van der Waals surface area contributed by atoms with Crippen LogP contribution in [0.25, 0.3) is 5.65 Å². The molecule has 126 valence electrons. The maximum Gasteiger partial charge on any atom is 0.364 e. The normalized spacial score (nSPS) is 11.9. The fraction of sp³-hybridized carbons (Fsp3) is 0.286. The van der Waals surface area contributed by atoms with Crippen LogP contribution in [0.2, 0.25) is 0 Å². The van der Waals surface area contributed by atoms with Crippen LogP contribution in [-0.2, 0) is 12.4 Å². The van der Waals surface area contributed by atoms with E-state index >= 15 is 0 Å². The average Bonchev–Trinajstić information content (AvgIpc) is 3.03. The number of alkyl halides is 3. The maximum atomic E-state index is 13.5. The van der Waals surface area contributed by atoms with E-state index in [1.54, 1.807) is 25.6 Å². The third-order valence-electron chi connectivity index (χ3n) is 3.56. The number of fused-ring (bicyclic) bond motifs is 1. The summed E-state index contributed by atoms with van der Waals surface area (Å²) < 4.78 is 29.5. The Balaban J connectivity index is 2.02. The van der Waals surface area contributed by atoms with Gasteiger partial charge in [-0.3, -0.25) is 9.48 Å². The molecule has 3 aromatic heterocycles. The van der Waals surface area contributed by atoms with E-state index in [4.69, 9.17) is 11.6 Å². The second-order valence-electron chi connectivity index (χ2n) is 5.30. The zero-order valence-electron chi connectivity index (χ0n) is 13.0. The molecule has 1 N–H and O–H groups in total. The van der Waals surface area contributed by atoms with Crippen LogP contribution >= 0.6 is 11.6 Å². The Morgan fingerprint density at radius 3 is 2.62 bits per heavy atom. The van der Waals surface area contributed by atoms with Crippen molar-refractivity contribution in [3.05, 3.63) is 41.1 Å². The highest BCUT2D eigenvalue weighted by Crippen LogP contribution is 2.32. The third-order valence-corrected chi connectivity index (χ3v) is 3.76. The van der Waals surface area contributed by atoms with E-state index in [-0.39, 0.29) is 11.3 Å². The van der Waals surface area contributed by atoms with E-state index in [9.17, 15) is 13.6 Å². The van der Waals surface area contributed by atoms with Crippen molar-refractivity contribution in [1.29, 1.82) is 0 Å². The first-order chi connectivity index (χ1) is 11.2. The molecule has 0 aliphatic heterocycles. The molecule has 0 aliphatic rings. The van der Waals surface area contributed by atoms with Crippen LogP contribution in [0.3, 0.4) is 0 Å². The molecule has 0 aliphatic carbocycles. The largest absolute Gasteiger partial charge is 0.364 e. The van der Waals surface area contributed by atoms with Crippen LogP contribution in [0.1, 0.15) is 27.6 Å². The Morgan fingerprint density at radius 2 is 2.04 bits per heavy atom. The summed E-state index contributed by atoms with van der Waals surface area (Å²) in [5.41, 5.74) is 1.09. The number of rotatable bonds is 3. The molecule has 3 rings (SSSR count). The van der Waals surface area contributed by atoms with Gasteiger partial charge in [-0.2, -0.15) is 19.0 Å². The van der Waals surface area contributed by atoms with Gasteiger partial charge in [0.15, 0.2) is 11.3 Å². The number of aryl methyl sites for hydroxylation is 2. The van der Waals surface area contributed by atoms with Crippen molar-refractivity contribution in [2.24, 2.45) is 7.05 Å². The van der Waals surface area contributed by atoms with Crippen molar-refractivity contribution >= 4 is 28.8 Å². The average molecular weight is 355 g/mol. The first-order valence-corrected chi connectivity index (χ1v) is 7.29. The summed E-state index contributed by atoms with van der Waals surface area (Å²) in [5, 5.41) is 6.92. The SMILES string of the molecule is Cc1cc(C(F)(F)Cl)n2nc(C(=O)Nc3cnn(C)c3C)cc2n1. The van der Waals surface area contributed by atoms with Crippen LogP contribution in [0.15, 0.2) is 18.3 Å². The number of aromatic nitrogens is 5. The van der Waals surface area contributed by atoms with E-state index in [2.05, 4.69) is 20.5 Å². The molecular weight excluding hydrogens is 342 g/mol. The number of nitrogens with zero attached hydrogens (tertiary/aromatic N) is 5. The highest BCUT2D eigenvalue weighted by atomic mass is 35.5. The van der Waals surface area contributed by atoms with E-state index in [1.807, 2.05) is 0 Å². The van der Waals surface area contributed by atoms with Crippen LogP contribution in [0, 0.1) is 13.8 Å². The number of hydrogen-bond acceptors (Lipinski definition) is 4. The van der Waals surface area contributed by atoms with Crippen molar-refractivity contribution in [2.75, 3.05) is 5.32 Å². The van der Waals surface area contributed by atoms with Crippen molar-refractivity contribution in [1.82, 2.24) is 24.4 Å². The van der Waals surface area contributed by atoms with Crippen molar-refractivity contribution in [3.8, 4) is 0 Å². The fourth-order valence-corrected chi connectivity index (χ4v) is 2.36. The molecule has 7 nitrogen and oxygen atoms in total. The second kappa shape index (κ2) is 5.52. The van der Waals surface area contributed by atoms with Crippen molar-refractivity contribution in [3.63, 3.8) is 0 Å². The van der Waals surface area contributed by atoms with Gasteiger partial charge < -0.3 is 5.32 Å². The topological polar surface area (TPSA) is 77.1 Å². The van der Waals surface area contributed by atoms with Crippen LogP contribution in [-0.4, -0.2) is 30.3 Å². The molecule has 0 radical (unpaired) electrons. The van der Waals surface area contributed by atoms with E-state index in [1.165, 1.54) is 12.3 Å². The smallest absolute Gasteiger partial charge is 0.318 e. The molecular formula is C14H13ClF2N6O. The predicted octanol–water partition coefficient (Wildman–Crippen LogP) is 2.62. The first kappa shape index (κ1) is 16.3. The van der Waals surface area contributed by atoms with Gasteiger partial charge in [0.05, 0.1) is 17.6 Å². The standard InChI is InChI=1S/C14H13ClF2N6O/c1-7-4-11(14(15,16)17)23-12(19-7)5-9(21-23)13(24)20-10-6-18-22(3)8(10)2/h4-6H,1-3H3,(H,20,24). The molecule has 3 aromatic rings. The van der Waals surface area contributed by atoms with Gasteiger partial charge in [0, 0.05) is 18.8 Å². The van der Waals surface area contributed by atoms with E-state index in [0.717, 1.165) is 16.3 Å². The number of halogens is 3. The summed E-state index contributed by atoms with van der Waals surface area (Å²) in [6.45, 7) is 3.33. The fourth-order valence-electron chi connectivity index (χ4n) is 2.22.